The first kappa shape index (κ1) is 17.7. The van der Waals surface area contributed by atoms with Gasteiger partial charge in [-0.05, 0) is 44.4 Å². The van der Waals surface area contributed by atoms with Gasteiger partial charge in [-0.25, -0.2) is 9.18 Å². The van der Waals surface area contributed by atoms with Gasteiger partial charge in [-0.15, -0.1) is 0 Å². The van der Waals surface area contributed by atoms with E-state index in [2.05, 4.69) is 15.5 Å². The molecule has 0 aliphatic carbocycles. The molecule has 2 rings (SSSR count). The van der Waals surface area contributed by atoms with E-state index in [0.29, 0.717) is 11.4 Å². The zero-order valence-electron chi connectivity index (χ0n) is 13.6. The second-order valence-corrected chi connectivity index (χ2v) is 7.43. The van der Waals surface area contributed by atoms with E-state index < -0.39 is 16.8 Å². The largest absolute Gasteiger partial charge is 0.370 e. The lowest BCUT2D eigenvalue weighted by Crippen LogP contribution is -2.39. The Morgan fingerprint density at radius 2 is 2.04 bits per heavy atom. The molecule has 2 amide bonds. The van der Waals surface area contributed by atoms with Crippen molar-refractivity contribution in [1.29, 1.82) is 0 Å². The Morgan fingerprint density at radius 3 is 2.70 bits per heavy atom. The minimum absolute atomic E-state index is 0.215. The van der Waals surface area contributed by atoms with Crippen LogP contribution < -0.4 is 15.5 Å². The lowest BCUT2D eigenvalue weighted by molar-refractivity contribution is 0.250. The minimum Gasteiger partial charge on any atom is -0.370 e. The van der Waals surface area contributed by atoms with Crippen molar-refractivity contribution in [3.05, 3.63) is 24.0 Å². The second kappa shape index (κ2) is 8.29. The van der Waals surface area contributed by atoms with Crippen LogP contribution in [0.5, 0.6) is 0 Å². The minimum atomic E-state index is -0.981. The lowest BCUT2D eigenvalue weighted by Gasteiger charge is -2.30. The highest BCUT2D eigenvalue weighted by atomic mass is 32.2. The summed E-state index contributed by atoms with van der Waals surface area (Å²) >= 11 is 0. The number of amides is 2. The Bertz CT molecular complexity index is 576. The summed E-state index contributed by atoms with van der Waals surface area (Å²) in [5.74, 6) is -0.000921. The van der Waals surface area contributed by atoms with Gasteiger partial charge in [0.15, 0.2) is 0 Å². The number of benzene rings is 1. The number of carbonyl (C=O) groups is 1. The maximum absolute atomic E-state index is 13.6. The van der Waals surface area contributed by atoms with Crippen LogP contribution in [0.1, 0.15) is 26.2 Å². The summed E-state index contributed by atoms with van der Waals surface area (Å²) in [6.45, 7) is 3.61. The molecule has 2 atom stereocenters. The monoisotopic (exact) mass is 341 g/mol. The van der Waals surface area contributed by atoms with Crippen LogP contribution in [0.25, 0.3) is 0 Å². The Hall–Kier alpha value is -1.63. The Balaban J connectivity index is 2.07. The van der Waals surface area contributed by atoms with Crippen molar-refractivity contribution < 1.29 is 13.4 Å². The van der Waals surface area contributed by atoms with Crippen LogP contribution >= 0.6 is 0 Å². The third-order valence-corrected chi connectivity index (χ3v) is 4.74. The van der Waals surface area contributed by atoms with Gasteiger partial charge in [-0.3, -0.25) is 4.21 Å². The fourth-order valence-corrected chi connectivity index (χ4v) is 3.58. The Labute approximate surface area is 139 Å². The van der Waals surface area contributed by atoms with Crippen molar-refractivity contribution in [3.63, 3.8) is 0 Å². The van der Waals surface area contributed by atoms with Crippen LogP contribution in [0.3, 0.4) is 0 Å². The highest BCUT2D eigenvalue weighted by Crippen LogP contribution is 2.29. The topological polar surface area (TPSA) is 61.4 Å². The summed E-state index contributed by atoms with van der Waals surface area (Å²) in [7, 11) is -0.981. The SMILES string of the molecule is CC(CS(C)=O)NC(=O)Nc1cc(F)ccc1N1CCCCC1. The zero-order chi connectivity index (χ0) is 16.8. The number of piperidine rings is 1. The van der Waals surface area contributed by atoms with E-state index in [1.54, 1.807) is 19.2 Å². The second-order valence-electron chi connectivity index (χ2n) is 5.95. The molecule has 2 N–H and O–H groups in total. The summed E-state index contributed by atoms with van der Waals surface area (Å²) < 4.78 is 24.8. The molecule has 0 bridgehead atoms. The van der Waals surface area contributed by atoms with E-state index in [1.807, 2.05) is 0 Å². The number of hydrogen-bond donors (Lipinski definition) is 2. The van der Waals surface area contributed by atoms with Gasteiger partial charge in [0.05, 0.1) is 11.4 Å². The molecule has 1 aromatic rings. The van der Waals surface area contributed by atoms with E-state index in [0.717, 1.165) is 31.6 Å². The van der Waals surface area contributed by atoms with Crippen molar-refractivity contribution in [3.8, 4) is 0 Å². The van der Waals surface area contributed by atoms with Crippen LogP contribution in [0.2, 0.25) is 0 Å². The number of anilines is 2. The van der Waals surface area contributed by atoms with E-state index in [-0.39, 0.29) is 11.9 Å². The molecule has 23 heavy (non-hydrogen) atoms. The number of nitrogens with zero attached hydrogens (tertiary/aromatic N) is 1. The first-order valence-electron chi connectivity index (χ1n) is 7.88. The fraction of sp³-hybridized carbons (Fsp3) is 0.562. The van der Waals surface area contributed by atoms with Crippen molar-refractivity contribution in [2.45, 2.75) is 32.2 Å². The predicted molar refractivity (Wildman–Crippen MR) is 93.0 cm³/mol. The molecule has 128 valence electrons. The van der Waals surface area contributed by atoms with Crippen LogP contribution in [0.4, 0.5) is 20.6 Å². The lowest BCUT2D eigenvalue weighted by atomic mass is 10.1. The summed E-state index contributed by atoms with van der Waals surface area (Å²) in [4.78, 5) is 14.3. The molecule has 1 aliphatic heterocycles. The van der Waals surface area contributed by atoms with Gasteiger partial charge in [0, 0.05) is 41.9 Å². The van der Waals surface area contributed by atoms with E-state index >= 15 is 0 Å². The summed E-state index contributed by atoms with van der Waals surface area (Å²) in [5.41, 5.74) is 1.31. The molecule has 1 aliphatic rings. The molecule has 0 radical (unpaired) electrons. The van der Waals surface area contributed by atoms with Gasteiger partial charge in [0.2, 0.25) is 0 Å². The van der Waals surface area contributed by atoms with E-state index in [9.17, 15) is 13.4 Å². The quantitative estimate of drug-likeness (QED) is 0.866. The number of nitrogens with one attached hydrogen (secondary N) is 2. The normalized spacial score (nSPS) is 17.4. The van der Waals surface area contributed by atoms with Gasteiger partial charge in [0.25, 0.3) is 0 Å². The zero-order valence-corrected chi connectivity index (χ0v) is 14.4. The van der Waals surface area contributed by atoms with Crippen molar-refractivity contribution in [2.75, 3.05) is 35.3 Å². The van der Waals surface area contributed by atoms with Gasteiger partial charge in [-0.2, -0.15) is 0 Å². The molecule has 0 saturated carbocycles. The predicted octanol–water partition coefficient (Wildman–Crippen LogP) is 2.70. The highest BCUT2D eigenvalue weighted by molar-refractivity contribution is 7.84. The molecule has 7 heteroatoms. The van der Waals surface area contributed by atoms with E-state index in [1.165, 1.54) is 18.6 Å². The first-order chi connectivity index (χ1) is 11.0. The third-order valence-electron chi connectivity index (χ3n) is 3.77. The highest BCUT2D eigenvalue weighted by Gasteiger charge is 2.17. The number of rotatable bonds is 5. The molecule has 1 fully saturated rings. The van der Waals surface area contributed by atoms with Gasteiger partial charge < -0.3 is 15.5 Å². The number of hydrogen-bond acceptors (Lipinski definition) is 3. The molecular weight excluding hydrogens is 317 g/mol. The molecule has 0 spiro atoms. The maximum atomic E-state index is 13.6. The molecule has 5 nitrogen and oxygen atoms in total. The molecule has 0 aromatic heterocycles. The third kappa shape index (κ3) is 5.49. The average Bonchev–Trinajstić information content (AvgIpc) is 2.47. The van der Waals surface area contributed by atoms with Gasteiger partial charge >= 0.3 is 6.03 Å². The molecule has 1 aromatic carbocycles. The fourth-order valence-electron chi connectivity index (χ4n) is 2.79. The van der Waals surface area contributed by atoms with Crippen molar-refractivity contribution >= 4 is 28.2 Å². The average molecular weight is 341 g/mol. The standard InChI is InChI=1S/C16H24FN3O2S/c1-12(11-23(2)22)18-16(21)19-14-10-13(17)6-7-15(14)20-8-4-3-5-9-20/h6-7,10,12H,3-5,8-9,11H2,1-2H3,(H2,18,19,21). The molecule has 2 unspecified atom stereocenters. The van der Waals surface area contributed by atoms with Gasteiger partial charge in [-0.1, -0.05) is 0 Å². The number of urea groups is 1. The van der Waals surface area contributed by atoms with Crippen LogP contribution in [-0.4, -0.2) is 41.4 Å². The van der Waals surface area contributed by atoms with Crippen LogP contribution in [0, 0.1) is 5.82 Å². The Kier molecular flexibility index (Phi) is 6.38. The smallest absolute Gasteiger partial charge is 0.319 e. The number of carbonyl (C=O) groups excluding carboxylic acids is 1. The summed E-state index contributed by atoms with van der Waals surface area (Å²) in [6, 6.07) is 3.84. The van der Waals surface area contributed by atoms with Crippen LogP contribution in [0.15, 0.2) is 18.2 Å². The van der Waals surface area contributed by atoms with Gasteiger partial charge in [0.1, 0.15) is 5.82 Å². The summed E-state index contributed by atoms with van der Waals surface area (Å²) in [5, 5.41) is 5.45. The molecular formula is C16H24FN3O2S. The first-order valence-corrected chi connectivity index (χ1v) is 9.60. The maximum Gasteiger partial charge on any atom is 0.319 e. The van der Waals surface area contributed by atoms with Crippen LogP contribution in [-0.2, 0) is 10.8 Å². The number of halogens is 1. The van der Waals surface area contributed by atoms with E-state index in [4.69, 9.17) is 0 Å². The molecule has 1 heterocycles. The van der Waals surface area contributed by atoms with Crippen molar-refractivity contribution in [2.24, 2.45) is 0 Å². The van der Waals surface area contributed by atoms with Crippen molar-refractivity contribution in [1.82, 2.24) is 5.32 Å². The molecule has 1 saturated heterocycles. The summed E-state index contributed by atoms with van der Waals surface area (Å²) in [6.07, 6.45) is 4.99. The Morgan fingerprint density at radius 1 is 1.35 bits per heavy atom.